The normalized spacial score (nSPS) is 11.9. The standard InChI is InChI=1S/C9H6F3NO2/c10-9(11,12)6-3-4-13-7(5-6)1-2-8(14)15/h1-5H,(H,14,15). The number of carboxylic acids is 1. The monoisotopic (exact) mass is 217 g/mol. The van der Waals surface area contributed by atoms with Gasteiger partial charge in [0, 0.05) is 12.3 Å². The van der Waals surface area contributed by atoms with Gasteiger partial charge >= 0.3 is 12.1 Å². The predicted molar refractivity (Wildman–Crippen MR) is 45.9 cm³/mol. The number of hydrogen-bond donors (Lipinski definition) is 1. The van der Waals surface area contributed by atoms with Crippen LogP contribution in [0, 0.1) is 0 Å². The summed E-state index contributed by atoms with van der Waals surface area (Å²) in [7, 11) is 0. The van der Waals surface area contributed by atoms with Gasteiger partial charge in [-0.15, -0.1) is 0 Å². The van der Waals surface area contributed by atoms with E-state index in [0.29, 0.717) is 0 Å². The Bertz CT molecular complexity index is 399. The first-order chi connectivity index (χ1) is 6.89. The first-order valence-corrected chi connectivity index (χ1v) is 3.84. The summed E-state index contributed by atoms with van der Waals surface area (Å²) in [6.45, 7) is 0. The molecule has 0 saturated carbocycles. The van der Waals surface area contributed by atoms with Crippen molar-refractivity contribution >= 4 is 12.0 Å². The van der Waals surface area contributed by atoms with Crippen LogP contribution in [-0.2, 0) is 11.0 Å². The molecule has 1 heterocycles. The van der Waals surface area contributed by atoms with E-state index in [-0.39, 0.29) is 5.69 Å². The lowest BCUT2D eigenvalue weighted by molar-refractivity contribution is -0.137. The van der Waals surface area contributed by atoms with Gasteiger partial charge in [0.25, 0.3) is 0 Å². The van der Waals surface area contributed by atoms with E-state index in [2.05, 4.69) is 4.98 Å². The third-order valence-electron chi connectivity index (χ3n) is 1.51. The molecule has 0 amide bonds. The van der Waals surface area contributed by atoms with E-state index in [9.17, 15) is 18.0 Å². The summed E-state index contributed by atoms with van der Waals surface area (Å²) in [5, 5.41) is 8.27. The van der Waals surface area contributed by atoms with Gasteiger partial charge in [-0.1, -0.05) is 0 Å². The molecule has 0 radical (unpaired) electrons. The van der Waals surface area contributed by atoms with Gasteiger partial charge in [-0.25, -0.2) is 4.79 Å². The second-order valence-corrected chi connectivity index (χ2v) is 2.64. The van der Waals surface area contributed by atoms with Gasteiger partial charge in [0.2, 0.25) is 0 Å². The molecule has 0 fully saturated rings. The number of rotatable bonds is 2. The number of alkyl halides is 3. The Hall–Kier alpha value is -1.85. The van der Waals surface area contributed by atoms with E-state index >= 15 is 0 Å². The van der Waals surface area contributed by atoms with Crippen molar-refractivity contribution in [3.8, 4) is 0 Å². The van der Waals surface area contributed by atoms with Crippen LogP contribution >= 0.6 is 0 Å². The van der Waals surface area contributed by atoms with E-state index in [1.165, 1.54) is 0 Å². The van der Waals surface area contributed by atoms with E-state index in [1.807, 2.05) is 0 Å². The zero-order valence-corrected chi connectivity index (χ0v) is 7.32. The molecule has 6 heteroatoms. The molecule has 3 nitrogen and oxygen atoms in total. The molecule has 1 aromatic heterocycles. The third-order valence-corrected chi connectivity index (χ3v) is 1.51. The molecule has 0 aliphatic heterocycles. The Morgan fingerprint density at radius 2 is 2.13 bits per heavy atom. The molecule has 0 atom stereocenters. The number of halogens is 3. The zero-order valence-electron chi connectivity index (χ0n) is 7.32. The van der Waals surface area contributed by atoms with Crippen LogP contribution in [0.3, 0.4) is 0 Å². The smallest absolute Gasteiger partial charge is 0.416 e. The van der Waals surface area contributed by atoms with Crippen LogP contribution in [0.15, 0.2) is 24.4 Å². The molecule has 0 spiro atoms. The van der Waals surface area contributed by atoms with Crippen molar-refractivity contribution in [3.05, 3.63) is 35.7 Å². The van der Waals surface area contributed by atoms with Gasteiger partial charge in [-0.05, 0) is 18.2 Å². The summed E-state index contributed by atoms with van der Waals surface area (Å²) in [6, 6.07) is 1.59. The molecular weight excluding hydrogens is 211 g/mol. The lowest BCUT2D eigenvalue weighted by atomic mass is 10.2. The van der Waals surface area contributed by atoms with Crippen molar-refractivity contribution in [3.63, 3.8) is 0 Å². The summed E-state index contributed by atoms with van der Waals surface area (Å²) in [4.78, 5) is 13.7. The summed E-state index contributed by atoms with van der Waals surface area (Å²) in [5.41, 5.74) is -0.908. The molecule has 0 aliphatic rings. The predicted octanol–water partition coefficient (Wildman–Crippen LogP) is 2.20. The average Bonchev–Trinajstić information content (AvgIpc) is 2.14. The van der Waals surface area contributed by atoms with Gasteiger partial charge < -0.3 is 5.11 Å². The second kappa shape index (κ2) is 4.12. The number of aromatic nitrogens is 1. The first-order valence-electron chi connectivity index (χ1n) is 3.84. The van der Waals surface area contributed by atoms with Crippen LogP contribution in [0.25, 0.3) is 6.08 Å². The number of aliphatic carboxylic acids is 1. The second-order valence-electron chi connectivity index (χ2n) is 2.64. The largest absolute Gasteiger partial charge is 0.478 e. The fourth-order valence-corrected chi connectivity index (χ4v) is 0.872. The Labute approximate surface area is 82.9 Å². The summed E-state index contributed by atoms with van der Waals surface area (Å²) >= 11 is 0. The molecule has 1 rings (SSSR count). The van der Waals surface area contributed by atoms with Crippen molar-refractivity contribution < 1.29 is 23.1 Å². The summed E-state index contributed by atoms with van der Waals surface area (Å²) < 4.78 is 36.6. The van der Waals surface area contributed by atoms with Crippen LogP contribution < -0.4 is 0 Å². The molecule has 0 saturated heterocycles. The Balaban J connectivity index is 2.98. The maximum absolute atomic E-state index is 12.2. The molecule has 80 valence electrons. The van der Waals surface area contributed by atoms with Gasteiger partial charge in [0.15, 0.2) is 0 Å². The molecule has 0 unspecified atom stereocenters. The van der Waals surface area contributed by atoms with Gasteiger partial charge in [-0.2, -0.15) is 13.2 Å². The summed E-state index contributed by atoms with van der Waals surface area (Å²) in [5.74, 6) is -1.24. The zero-order chi connectivity index (χ0) is 11.5. The summed E-state index contributed by atoms with van der Waals surface area (Å²) in [6.07, 6.45) is -1.75. The molecule has 0 aliphatic carbocycles. The minimum absolute atomic E-state index is 0.0489. The minimum atomic E-state index is -4.45. The van der Waals surface area contributed by atoms with Gasteiger partial charge in [-0.3, -0.25) is 4.98 Å². The van der Waals surface area contributed by atoms with Crippen molar-refractivity contribution in [1.29, 1.82) is 0 Å². The molecule has 1 aromatic rings. The number of pyridine rings is 1. The van der Waals surface area contributed by atoms with E-state index in [1.54, 1.807) is 0 Å². The lowest BCUT2D eigenvalue weighted by Gasteiger charge is -2.05. The van der Waals surface area contributed by atoms with Crippen molar-refractivity contribution in [2.24, 2.45) is 0 Å². The molecule has 1 N–H and O–H groups in total. The van der Waals surface area contributed by atoms with E-state index in [4.69, 9.17) is 5.11 Å². The fourth-order valence-electron chi connectivity index (χ4n) is 0.872. The first kappa shape index (κ1) is 11.2. The topological polar surface area (TPSA) is 50.2 Å². The highest BCUT2D eigenvalue weighted by Crippen LogP contribution is 2.29. The van der Waals surface area contributed by atoms with Crippen molar-refractivity contribution in [2.45, 2.75) is 6.18 Å². The number of carboxylic acid groups (broad SMARTS) is 1. The van der Waals surface area contributed by atoms with E-state index in [0.717, 1.165) is 30.5 Å². The fraction of sp³-hybridized carbons (Fsp3) is 0.111. The Kier molecular flexibility index (Phi) is 3.08. The van der Waals surface area contributed by atoms with Crippen LogP contribution in [0.1, 0.15) is 11.3 Å². The maximum atomic E-state index is 12.2. The number of hydrogen-bond acceptors (Lipinski definition) is 2. The lowest BCUT2D eigenvalue weighted by Crippen LogP contribution is -2.05. The third kappa shape index (κ3) is 3.41. The van der Waals surface area contributed by atoms with Crippen LogP contribution in [0.2, 0.25) is 0 Å². The van der Waals surface area contributed by atoms with Crippen molar-refractivity contribution in [1.82, 2.24) is 4.98 Å². The molecule has 0 bridgehead atoms. The van der Waals surface area contributed by atoms with Gasteiger partial charge in [0.05, 0.1) is 11.3 Å². The molecular formula is C9H6F3NO2. The number of nitrogens with zero attached hydrogens (tertiary/aromatic N) is 1. The maximum Gasteiger partial charge on any atom is 0.416 e. The highest BCUT2D eigenvalue weighted by atomic mass is 19.4. The highest BCUT2D eigenvalue weighted by Gasteiger charge is 2.30. The van der Waals surface area contributed by atoms with Crippen LogP contribution in [0.4, 0.5) is 13.2 Å². The quantitative estimate of drug-likeness (QED) is 0.772. The molecule has 0 aromatic carbocycles. The SMILES string of the molecule is O=C(O)C=Cc1cc(C(F)(F)F)ccn1. The Morgan fingerprint density at radius 3 is 2.67 bits per heavy atom. The Morgan fingerprint density at radius 1 is 1.47 bits per heavy atom. The minimum Gasteiger partial charge on any atom is -0.478 e. The van der Waals surface area contributed by atoms with Crippen molar-refractivity contribution in [2.75, 3.05) is 0 Å². The number of carbonyl (C=O) groups is 1. The van der Waals surface area contributed by atoms with Crippen LogP contribution in [-0.4, -0.2) is 16.1 Å². The average molecular weight is 217 g/mol. The highest BCUT2D eigenvalue weighted by molar-refractivity contribution is 5.84. The van der Waals surface area contributed by atoms with Gasteiger partial charge in [0.1, 0.15) is 0 Å². The van der Waals surface area contributed by atoms with Crippen LogP contribution in [0.5, 0.6) is 0 Å². The molecule has 15 heavy (non-hydrogen) atoms. The van der Waals surface area contributed by atoms with E-state index < -0.39 is 17.7 Å².